The summed E-state index contributed by atoms with van der Waals surface area (Å²) in [6, 6.07) is 4.68. The van der Waals surface area contributed by atoms with Gasteiger partial charge in [-0.25, -0.2) is 0 Å². The van der Waals surface area contributed by atoms with E-state index in [1.807, 2.05) is 0 Å². The van der Waals surface area contributed by atoms with Gasteiger partial charge in [-0.3, -0.25) is 10.1 Å². The Balaban J connectivity index is 2.49. The second kappa shape index (κ2) is 4.52. The van der Waals surface area contributed by atoms with Crippen LogP contribution in [0.3, 0.4) is 0 Å². The summed E-state index contributed by atoms with van der Waals surface area (Å²) in [5.41, 5.74) is 1.14. The first-order valence-electron chi connectivity index (χ1n) is 5.15. The van der Waals surface area contributed by atoms with Gasteiger partial charge in [0.2, 0.25) is 0 Å². The first-order valence-corrected chi connectivity index (χ1v) is 5.15. The highest BCUT2D eigenvalue weighted by molar-refractivity contribution is 5.66. The normalized spacial score (nSPS) is 15.5. The van der Waals surface area contributed by atoms with E-state index in [0.29, 0.717) is 17.7 Å². The summed E-state index contributed by atoms with van der Waals surface area (Å²) in [6.45, 7) is -0.438. The van der Waals surface area contributed by atoms with Gasteiger partial charge in [-0.05, 0) is 6.07 Å². The zero-order chi connectivity index (χ0) is 12.4. The van der Waals surface area contributed by atoms with Crippen molar-refractivity contribution in [1.29, 1.82) is 0 Å². The van der Waals surface area contributed by atoms with E-state index >= 15 is 0 Å². The molecule has 0 aromatic heterocycles. The van der Waals surface area contributed by atoms with Gasteiger partial charge in [-0.15, -0.1) is 0 Å². The molecule has 1 aromatic carbocycles. The molecule has 0 amide bonds. The molecule has 0 aliphatic carbocycles. The Bertz CT molecular complexity index is 473. The number of fused-ring (bicyclic) bond motifs is 1. The summed E-state index contributed by atoms with van der Waals surface area (Å²) < 4.78 is 0. The number of rotatable bonds is 3. The van der Waals surface area contributed by atoms with E-state index in [1.165, 1.54) is 11.0 Å². The van der Waals surface area contributed by atoms with Crippen LogP contribution in [0.1, 0.15) is 5.56 Å². The van der Waals surface area contributed by atoms with Gasteiger partial charge in [0.1, 0.15) is 0 Å². The molecule has 0 saturated heterocycles. The smallest absolute Gasteiger partial charge is 0.274 e. The van der Waals surface area contributed by atoms with Crippen molar-refractivity contribution in [3.05, 3.63) is 46.2 Å². The fraction of sp³-hybridized carbons (Fsp3) is 0.273. The number of anilines is 1. The van der Waals surface area contributed by atoms with Crippen molar-refractivity contribution in [3.63, 3.8) is 0 Å². The molecule has 0 fully saturated rings. The maximum absolute atomic E-state index is 10.9. The largest absolute Gasteiger partial charge is 0.392 e. The van der Waals surface area contributed by atoms with Crippen LogP contribution in [-0.4, -0.2) is 28.0 Å². The van der Waals surface area contributed by atoms with Gasteiger partial charge in [0.05, 0.1) is 22.8 Å². The molecule has 1 aliphatic rings. The third kappa shape index (κ3) is 2.00. The Morgan fingerprint density at radius 3 is 2.94 bits per heavy atom. The summed E-state index contributed by atoms with van der Waals surface area (Å²) in [4.78, 5) is 11.8. The molecule has 6 heteroatoms. The van der Waals surface area contributed by atoms with Crippen LogP contribution in [-0.2, 0) is 6.42 Å². The molecule has 1 heterocycles. The van der Waals surface area contributed by atoms with Crippen molar-refractivity contribution in [2.45, 2.75) is 12.6 Å². The molecule has 1 atom stereocenters. The van der Waals surface area contributed by atoms with Crippen molar-refractivity contribution in [2.75, 3.05) is 11.5 Å². The highest BCUT2D eigenvalue weighted by Crippen LogP contribution is 2.33. The SMILES string of the molecule is O=[N+]([O-])c1cccc2c1CC=CN2C(O)CO. The van der Waals surface area contributed by atoms with Gasteiger partial charge in [0, 0.05) is 18.7 Å². The Kier molecular flexibility index (Phi) is 3.08. The predicted molar refractivity (Wildman–Crippen MR) is 61.5 cm³/mol. The van der Waals surface area contributed by atoms with Gasteiger partial charge >= 0.3 is 0 Å². The zero-order valence-corrected chi connectivity index (χ0v) is 8.98. The van der Waals surface area contributed by atoms with Crippen molar-refractivity contribution in [1.82, 2.24) is 0 Å². The van der Waals surface area contributed by atoms with Gasteiger partial charge in [0.25, 0.3) is 5.69 Å². The fourth-order valence-corrected chi connectivity index (χ4v) is 1.90. The molecule has 0 bridgehead atoms. The highest BCUT2D eigenvalue weighted by atomic mass is 16.6. The van der Waals surface area contributed by atoms with E-state index in [4.69, 9.17) is 5.11 Å². The Hall–Kier alpha value is -1.92. The minimum Gasteiger partial charge on any atom is -0.392 e. The van der Waals surface area contributed by atoms with Crippen molar-refractivity contribution in [2.24, 2.45) is 0 Å². The summed E-state index contributed by atoms with van der Waals surface area (Å²) in [5.74, 6) is 0. The predicted octanol–water partition coefficient (Wildman–Crippen LogP) is 0.782. The van der Waals surface area contributed by atoms with E-state index in [0.717, 1.165) is 0 Å². The molecular formula is C11H12N2O4. The van der Waals surface area contributed by atoms with Crippen molar-refractivity contribution >= 4 is 11.4 Å². The maximum atomic E-state index is 10.9. The third-order valence-electron chi connectivity index (χ3n) is 2.67. The van der Waals surface area contributed by atoms with Crippen LogP contribution in [0.2, 0.25) is 0 Å². The lowest BCUT2D eigenvalue weighted by atomic mass is 10.0. The topological polar surface area (TPSA) is 86.8 Å². The summed E-state index contributed by atoms with van der Waals surface area (Å²) in [7, 11) is 0. The van der Waals surface area contributed by atoms with Crippen LogP contribution in [0.5, 0.6) is 0 Å². The minimum atomic E-state index is -1.09. The van der Waals surface area contributed by atoms with E-state index in [-0.39, 0.29) is 5.69 Å². The average molecular weight is 236 g/mol. The molecule has 1 aliphatic heterocycles. The standard InChI is InChI=1S/C11H12N2O4/c14-7-11(15)12-6-2-3-8-9(12)4-1-5-10(8)13(16)17/h1-2,4-6,11,14-15H,3,7H2. The summed E-state index contributed by atoms with van der Waals surface area (Å²) >= 11 is 0. The third-order valence-corrected chi connectivity index (χ3v) is 2.67. The molecule has 0 radical (unpaired) electrons. The lowest BCUT2D eigenvalue weighted by Gasteiger charge is -2.29. The molecule has 1 aromatic rings. The Labute approximate surface area is 97.6 Å². The quantitative estimate of drug-likeness (QED) is 0.598. The number of hydrogen-bond donors (Lipinski definition) is 2. The van der Waals surface area contributed by atoms with E-state index in [1.54, 1.807) is 24.4 Å². The Morgan fingerprint density at radius 1 is 1.53 bits per heavy atom. The molecule has 2 rings (SSSR count). The first kappa shape index (κ1) is 11.6. The minimum absolute atomic E-state index is 0.0296. The van der Waals surface area contributed by atoms with E-state index in [2.05, 4.69) is 0 Å². The number of nitro benzene ring substituents is 1. The average Bonchev–Trinajstić information content (AvgIpc) is 2.36. The van der Waals surface area contributed by atoms with Gasteiger partial charge in [-0.2, -0.15) is 0 Å². The number of hydrogen-bond acceptors (Lipinski definition) is 5. The van der Waals surface area contributed by atoms with Gasteiger partial charge < -0.3 is 15.1 Å². The number of benzene rings is 1. The second-order valence-corrected chi connectivity index (χ2v) is 3.69. The summed E-state index contributed by atoms with van der Waals surface area (Å²) in [6.07, 6.45) is 2.69. The second-order valence-electron chi connectivity index (χ2n) is 3.69. The molecule has 0 spiro atoms. The highest BCUT2D eigenvalue weighted by Gasteiger charge is 2.24. The Morgan fingerprint density at radius 2 is 2.29 bits per heavy atom. The van der Waals surface area contributed by atoms with E-state index < -0.39 is 17.8 Å². The maximum Gasteiger partial charge on any atom is 0.274 e. The lowest BCUT2D eigenvalue weighted by molar-refractivity contribution is -0.385. The van der Waals surface area contributed by atoms with Crippen molar-refractivity contribution in [3.8, 4) is 0 Å². The number of allylic oxidation sites excluding steroid dienone is 1. The van der Waals surface area contributed by atoms with Gasteiger partial charge in [-0.1, -0.05) is 12.1 Å². The molecule has 6 nitrogen and oxygen atoms in total. The number of nitrogens with zero attached hydrogens (tertiary/aromatic N) is 2. The zero-order valence-electron chi connectivity index (χ0n) is 8.98. The molecule has 2 N–H and O–H groups in total. The molecular weight excluding hydrogens is 224 g/mol. The lowest BCUT2D eigenvalue weighted by Crippen LogP contribution is -2.35. The van der Waals surface area contributed by atoms with Crippen molar-refractivity contribution < 1.29 is 15.1 Å². The number of nitro groups is 1. The van der Waals surface area contributed by atoms with Crippen LogP contribution < -0.4 is 4.90 Å². The fourth-order valence-electron chi connectivity index (χ4n) is 1.90. The molecule has 90 valence electrons. The van der Waals surface area contributed by atoms with Gasteiger partial charge in [0.15, 0.2) is 6.23 Å². The van der Waals surface area contributed by atoms with E-state index in [9.17, 15) is 15.2 Å². The number of aliphatic hydroxyl groups excluding tert-OH is 2. The van der Waals surface area contributed by atoms with Crippen LogP contribution in [0.15, 0.2) is 30.5 Å². The first-order chi connectivity index (χ1) is 8.15. The monoisotopic (exact) mass is 236 g/mol. The summed E-state index contributed by atoms with van der Waals surface area (Å²) in [5, 5.41) is 29.4. The van der Waals surface area contributed by atoms with Crippen LogP contribution in [0.25, 0.3) is 0 Å². The number of aliphatic hydroxyl groups is 2. The molecule has 0 saturated carbocycles. The molecule has 1 unspecified atom stereocenters. The molecule has 17 heavy (non-hydrogen) atoms. The van der Waals surface area contributed by atoms with Crippen LogP contribution in [0.4, 0.5) is 11.4 Å². The van der Waals surface area contributed by atoms with Crippen LogP contribution >= 0.6 is 0 Å². The van der Waals surface area contributed by atoms with Crippen LogP contribution in [0, 0.1) is 10.1 Å².